The molecule has 0 N–H and O–H groups in total. The van der Waals surface area contributed by atoms with Crippen LogP contribution in [0, 0.1) is 5.92 Å². The highest BCUT2D eigenvalue weighted by Crippen LogP contribution is 2.29. The number of sulfonamides is 1. The molecular weight excluding hydrogens is 406 g/mol. The second-order valence-corrected chi connectivity index (χ2v) is 12.3. The second-order valence-electron chi connectivity index (χ2n) is 6.45. The quantitative estimate of drug-likeness (QED) is 0.732. The molecule has 2 saturated heterocycles. The molecule has 142 valence electrons. The molecule has 0 aliphatic carbocycles. The fourth-order valence-corrected chi connectivity index (χ4v) is 7.77. The first-order valence-corrected chi connectivity index (χ1v) is 12.2. The molecule has 0 unspecified atom stereocenters. The van der Waals surface area contributed by atoms with Gasteiger partial charge in [-0.25, -0.2) is 8.42 Å². The molecule has 2 fully saturated rings. The summed E-state index contributed by atoms with van der Waals surface area (Å²) < 4.78 is 55.5. The van der Waals surface area contributed by atoms with E-state index in [2.05, 4.69) is 6.92 Å². The van der Waals surface area contributed by atoms with Crippen molar-refractivity contribution in [1.82, 2.24) is 12.9 Å². The monoisotopic (exact) mass is 427 g/mol. The molecule has 3 rings (SSSR count). The number of hydrogen-bond acceptors (Lipinski definition) is 5. The van der Waals surface area contributed by atoms with Crippen LogP contribution >= 0.6 is 22.9 Å². The molecule has 0 aromatic carbocycles. The van der Waals surface area contributed by atoms with E-state index < -0.39 is 20.2 Å². The Kier molecular flexibility index (Phi) is 5.79. The van der Waals surface area contributed by atoms with Crippen molar-refractivity contribution in [1.29, 1.82) is 0 Å². The molecule has 0 radical (unpaired) electrons. The van der Waals surface area contributed by atoms with Crippen LogP contribution in [0.2, 0.25) is 4.34 Å². The number of piperidine rings is 1. The predicted molar refractivity (Wildman–Crippen MR) is 98.6 cm³/mol. The van der Waals surface area contributed by atoms with Crippen LogP contribution in [0.3, 0.4) is 0 Å². The van der Waals surface area contributed by atoms with Gasteiger partial charge < -0.3 is 0 Å². The number of rotatable bonds is 4. The summed E-state index contributed by atoms with van der Waals surface area (Å²) >= 11 is 6.84. The molecular formula is C14H22ClN3O4S3. The lowest BCUT2D eigenvalue weighted by Crippen LogP contribution is -2.55. The van der Waals surface area contributed by atoms with Crippen LogP contribution in [-0.4, -0.2) is 69.0 Å². The minimum Gasteiger partial charge on any atom is -0.206 e. The number of piperazine rings is 1. The van der Waals surface area contributed by atoms with Crippen LogP contribution < -0.4 is 0 Å². The van der Waals surface area contributed by atoms with Crippen LogP contribution in [0.25, 0.3) is 0 Å². The molecule has 11 heteroatoms. The van der Waals surface area contributed by atoms with E-state index in [0.717, 1.165) is 24.2 Å². The molecule has 0 saturated carbocycles. The van der Waals surface area contributed by atoms with E-state index >= 15 is 0 Å². The topological polar surface area (TPSA) is 78.0 Å². The summed E-state index contributed by atoms with van der Waals surface area (Å²) in [4.78, 5) is 0. The van der Waals surface area contributed by atoms with Crippen LogP contribution in [0.4, 0.5) is 0 Å². The minimum absolute atomic E-state index is 0.154. The number of nitrogens with zero attached hydrogens (tertiary/aromatic N) is 3. The summed E-state index contributed by atoms with van der Waals surface area (Å²) in [7, 11) is -7.12. The fourth-order valence-electron chi connectivity index (χ4n) is 3.08. The van der Waals surface area contributed by atoms with Crippen molar-refractivity contribution in [2.24, 2.45) is 5.92 Å². The van der Waals surface area contributed by atoms with Crippen molar-refractivity contribution >= 4 is 43.2 Å². The van der Waals surface area contributed by atoms with E-state index in [9.17, 15) is 16.8 Å². The third-order valence-corrected chi connectivity index (χ3v) is 10.4. The first-order valence-electron chi connectivity index (χ1n) is 8.22. The van der Waals surface area contributed by atoms with Crippen LogP contribution in [0.1, 0.15) is 19.8 Å². The van der Waals surface area contributed by atoms with E-state index in [1.807, 2.05) is 0 Å². The van der Waals surface area contributed by atoms with Crippen molar-refractivity contribution in [3.05, 3.63) is 16.5 Å². The van der Waals surface area contributed by atoms with E-state index in [4.69, 9.17) is 11.6 Å². The van der Waals surface area contributed by atoms with Gasteiger partial charge in [-0.05, 0) is 30.9 Å². The van der Waals surface area contributed by atoms with Crippen LogP contribution in [0.5, 0.6) is 0 Å². The Morgan fingerprint density at radius 1 is 0.920 bits per heavy atom. The zero-order valence-corrected chi connectivity index (χ0v) is 17.2. The molecule has 0 spiro atoms. The maximum absolute atomic E-state index is 12.7. The van der Waals surface area contributed by atoms with Gasteiger partial charge in [0.15, 0.2) is 0 Å². The third kappa shape index (κ3) is 4.05. The van der Waals surface area contributed by atoms with Gasteiger partial charge in [0.05, 0.1) is 4.34 Å². The van der Waals surface area contributed by atoms with Gasteiger partial charge >= 0.3 is 0 Å². The molecule has 3 heterocycles. The Balaban J connectivity index is 1.65. The van der Waals surface area contributed by atoms with Crippen molar-refractivity contribution in [3.8, 4) is 0 Å². The van der Waals surface area contributed by atoms with Crippen molar-refractivity contribution < 1.29 is 16.8 Å². The minimum atomic E-state index is -3.61. The van der Waals surface area contributed by atoms with Gasteiger partial charge in [-0.3, -0.25) is 0 Å². The molecule has 1 aromatic heterocycles. The molecule has 2 aliphatic heterocycles. The Bertz CT molecular complexity index is 808. The molecule has 0 amide bonds. The molecule has 7 nitrogen and oxygen atoms in total. The summed E-state index contributed by atoms with van der Waals surface area (Å²) in [5, 5.41) is 0. The van der Waals surface area contributed by atoms with Gasteiger partial charge in [-0.2, -0.15) is 21.3 Å². The van der Waals surface area contributed by atoms with Gasteiger partial charge in [0.2, 0.25) is 0 Å². The highest BCUT2D eigenvalue weighted by molar-refractivity contribution is 7.91. The van der Waals surface area contributed by atoms with E-state index in [-0.39, 0.29) is 30.4 Å². The summed E-state index contributed by atoms with van der Waals surface area (Å²) in [6.45, 7) is 3.86. The largest absolute Gasteiger partial charge is 0.282 e. The maximum Gasteiger partial charge on any atom is 0.282 e. The van der Waals surface area contributed by atoms with Gasteiger partial charge in [-0.1, -0.05) is 18.5 Å². The zero-order chi connectivity index (χ0) is 18.2. The third-order valence-electron chi connectivity index (χ3n) is 4.74. The normalized spacial score (nSPS) is 23.1. The summed E-state index contributed by atoms with van der Waals surface area (Å²) in [6.07, 6.45) is 1.74. The highest BCUT2D eigenvalue weighted by atomic mass is 35.5. The number of thiophene rings is 1. The lowest BCUT2D eigenvalue weighted by molar-refractivity contribution is 0.232. The van der Waals surface area contributed by atoms with Gasteiger partial charge in [0, 0.05) is 39.3 Å². The Morgan fingerprint density at radius 2 is 1.44 bits per heavy atom. The Hall–Kier alpha value is -0.230. The molecule has 25 heavy (non-hydrogen) atoms. The second kappa shape index (κ2) is 7.41. The summed E-state index contributed by atoms with van der Waals surface area (Å²) in [5.41, 5.74) is 0. The average molecular weight is 428 g/mol. The smallest absolute Gasteiger partial charge is 0.206 e. The molecule has 2 aliphatic rings. The Labute approximate surface area is 158 Å². The van der Waals surface area contributed by atoms with Crippen LogP contribution in [-0.2, 0) is 20.2 Å². The van der Waals surface area contributed by atoms with Gasteiger partial charge in [0.1, 0.15) is 4.21 Å². The molecule has 0 bridgehead atoms. The standard InChI is InChI=1S/C14H22ClN3O4S3/c1-12-4-6-17(7-5-12)25(21,22)18-10-8-16(9-11-18)24(19,20)14-3-2-13(15)23-14/h2-3,12H,4-11H2,1H3. The summed E-state index contributed by atoms with van der Waals surface area (Å²) in [6, 6.07) is 3.04. The molecule has 1 aromatic rings. The fraction of sp³-hybridized carbons (Fsp3) is 0.714. The van der Waals surface area contributed by atoms with E-state index in [1.54, 1.807) is 6.07 Å². The first-order chi connectivity index (χ1) is 11.7. The van der Waals surface area contributed by atoms with Crippen molar-refractivity contribution in [3.63, 3.8) is 0 Å². The van der Waals surface area contributed by atoms with Crippen molar-refractivity contribution in [2.45, 2.75) is 24.0 Å². The zero-order valence-electron chi connectivity index (χ0n) is 14.0. The van der Waals surface area contributed by atoms with E-state index in [0.29, 0.717) is 23.3 Å². The van der Waals surface area contributed by atoms with Gasteiger partial charge in [0.25, 0.3) is 20.2 Å². The maximum atomic E-state index is 12.7. The number of halogens is 1. The first kappa shape index (κ1) is 19.5. The lowest BCUT2D eigenvalue weighted by atomic mass is 10.0. The van der Waals surface area contributed by atoms with Crippen LogP contribution in [0.15, 0.2) is 16.3 Å². The molecule has 0 atom stereocenters. The van der Waals surface area contributed by atoms with E-state index in [1.165, 1.54) is 19.0 Å². The summed E-state index contributed by atoms with van der Waals surface area (Å²) in [5.74, 6) is 0.547. The number of hydrogen-bond donors (Lipinski definition) is 0. The van der Waals surface area contributed by atoms with Gasteiger partial charge in [-0.15, -0.1) is 11.3 Å². The SMILES string of the molecule is CC1CCN(S(=O)(=O)N2CCN(S(=O)(=O)c3ccc(Cl)s3)CC2)CC1. The average Bonchev–Trinajstić information content (AvgIpc) is 3.03. The van der Waals surface area contributed by atoms with Crippen molar-refractivity contribution in [2.75, 3.05) is 39.3 Å². The highest BCUT2D eigenvalue weighted by Gasteiger charge is 2.37. The Morgan fingerprint density at radius 3 is 1.96 bits per heavy atom. The lowest BCUT2D eigenvalue weighted by Gasteiger charge is -2.37. The predicted octanol–water partition coefficient (Wildman–Crippen LogP) is 1.68.